The molecule has 2 aromatic heterocycles. The zero-order valence-corrected chi connectivity index (χ0v) is 15.9. The molecule has 2 aliphatic rings. The highest BCUT2D eigenvalue weighted by Gasteiger charge is 2.31. The SMILES string of the molecule is O=C1Cc2cc(F)ccc2-n2c(nnc2[C@H]2CC[C@H](Oc3ccccn3)CC2)C1. The molecule has 1 aliphatic heterocycles. The summed E-state index contributed by atoms with van der Waals surface area (Å²) in [6, 6.07) is 10.3. The molecule has 0 N–H and O–H groups in total. The molecular weight excluding hydrogens is 371 g/mol. The third-order valence-corrected chi connectivity index (χ3v) is 5.74. The Kier molecular flexibility index (Phi) is 4.58. The molecule has 3 heterocycles. The maximum atomic E-state index is 13.8. The quantitative estimate of drug-likeness (QED) is 0.682. The van der Waals surface area contributed by atoms with Gasteiger partial charge < -0.3 is 4.74 Å². The van der Waals surface area contributed by atoms with Crippen LogP contribution in [0.15, 0.2) is 42.6 Å². The fourth-order valence-electron chi connectivity index (χ4n) is 4.36. The first kappa shape index (κ1) is 18.0. The third-order valence-electron chi connectivity index (χ3n) is 5.74. The van der Waals surface area contributed by atoms with Gasteiger partial charge in [0.05, 0.1) is 12.1 Å². The predicted octanol–water partition coefficient (Wildman–Crippen LogP) is 3.57. The van der Waals surface area contributed by atoms with Gasteiger partial charge in [-0.05, 0) is 55.5 Å². The van der Waals surface area contributed by atoms with Crippen LogP contribution in [0.3, 0.4) is 0 Å². The lowest BCUT2D eigenvalue weighted by molar-refractivity contribution is -0.117. The number of rotatable bonds is 3. The molecular formula is C22H21FN4O2. The Hall–Kier alpha value is -3.09. The molecule has 5 rings (SSSR count). The van der Waals surface area contributed by atoms with Crippen LogP contribution in [0.5, 0.6) is 5.88 Å². The normalized spacial score (nSPS) is 21.2. The summed E-state index contributed by atoms with van der Waals surface area (Å²) in [6.45, 7) is 0. The van der Waals surface area contributed by atoms with Gasteiger partial charge in [-0.15, -0.1) is 10.2 Å². The molecule has 3 aromatic rings. The van der Waals surface area contributed by atoms with Gasteiger partial charge in [0.1, 0.15) is 29.4 Å². The van der Waals surface area contributed by atoms with E-state index in [2.05, 4.69) is 15.2 Å². The topological polar surface area (TPSA) is 69.9 Å². The number of nitrogens with zero attached hydrogens (tertiary/aromatic N) is 4. The van der Waals surface area contributed by atoms with E-state index in [1.807, 2.05) is 22.8 Å². The number of pyridine rings is 1. The van der Waals surface area contributed by atoms with Crippen LogP contribution in [0.4, 0.5) is 4.39 Å². The molecule has 1 fully saturated rings. The lowest BCUT2D eigenvalue weighted by Crippen LogP contribution is -2.25. The number of hydrogen-bond acceptors (Lipinski definition) is 5. The average Bonchev–Trinajstić information content (AvgIpc) is 3.06. The molecule has 0 spiro atoms. The van der Waals surface area contributed by atoms with Gasteiger partial charge in [-0.1, -0.05) is 6.07 Å². The number of carbonyl (C=O) groups is 1. The van der Waals surface area contributed by atoms with Crippen molar-refractivity contribution in [2.45, 2.75) is 50.5 Å². The molecule has 1 aromatic carbocycles. The minimum absolute atomic E-state index is 0.0296. The number of fused-ring (bicyclic) bond motifs is 3. The number of benzene rings is 1. The Labute approximate surface area is 167 Å². The zero-order chi connectivity index (χ0) is 19.8. The summed E-state index contributed by atoms with van der Waals surface area (Å²) in [5.74, 6) is 2.08. The Morgan fingerprint density at radius 2 is 1.90 bits per heavy atom. The highest BCUT2D eigenvalue weighted by atomic mass is 19.1. The molecule has 1 saturated carbocycles. The lowest BCUT2D eigenvalue weighted by Gasteiger charge is -2.28. The maximum absolute atomic E-state index is 13.8. The van der Waals surface area contributed by atoms with Gasteiger partial charge in [0.2, 0.25) is 5.88 Å². The second-order valence-corrected chi connectivity index (χ2v) is 7.73. The standard InChI is InChI=1S/C22H21FN4O2/c23-16-6-9-19-15(11-16)12-17(28)13-20-25-26-22(27(19)20)14-4-7-18(8-5-14)29-21-3-1-2-10-24-21/h1-3,6,9-11,14,18H,4-5,7-8,12-13H2/t14-,18-. The van der Waals surface area contributed by atoms with Crippen LogP contribution < -0.4 is 4.74 Å². The second-order valence-electron chi connectivity index (χ2n) is 7.73. The predicted molar refractivity (Wildman–Crippen MR) is 104 cm³/mol. The van der Waals surface area contributed by atoms with Gasteiger partial charge in [-0.25, -0.2) is 9.37 Å². The van der Waals surface area contributed by atoms with Gasteiger partial charge in [0, 0.05) is 24.6 Å². The fourth-order valence-corrected chi connectivity index (χ4v) is 4.36. The van der Waals surface area contributed by atoms with Crippen molar-refractivity contribution in [2.75, 3.05) is 0 Å². The van der Waals surface area contributed by atoms with Gasteiger partial charge in [-0.2, -0.15) is 0 Å². The van der Waals surface area contributed by atoms with E-state index in [0.29, 0.717) is 17.3 Å². The number of carbonyl (C=O) groups excluding carboxylic acids is 1. The van der Waals surface area contributed by atoms with Gasteiger partial charge >= 0.3 is 0 Å². The van der Waals surface area contributed by atoms with Crippen LogP contribution in [-0.2, 0) is 17.6 Å². The van der Waals surface area contributed by atoms with Crippen LogP contribution >= 0.6 is 0 Å². The molecule has 0 bridgehead atoms. The molecule has 6 nitrogen and oxygen atoms in total. The van der Waals surface area contributed by atoms with Gasteiger partial charge in [0.25, 0.3) is 0 Å². The van der Waals surface area contributed by atoms with E-state index in [0.717, 1.165) is 37.2 Å². The summed E-state index contributed by atoms with van der Waals surface area (Å²) in [4.78, 5) is 16.5. The molecule has 29 heavy (non-hydrogen) atoms. The fraction of sp³-hybridized carbons (Fsp3) is 0.364. The van der Waals surface area contributed by atoms with E-state index in [1.54, 1.807) is 12.3 Å². The molecule has 0 amide bonds. The van der Waals surface area contributed by atoms with E-state index in [1.165, 1.54) is 12.1 Å². The lowest BCUT2D eigenvalue weighted by atomic mass is 9.86. The number of halogens is 1. The van der Waals surface area contributed by atoms with Crippen LogP contribution in [0.25, 0.3) is 5.69 Å². The molecule has 7 heteroatoms. The second kappa shape index (κ2) is 7.39. The molecule has 0 unspecified atom stereocenters. The maximum Gasteiger partial charge on any atom is 0.213 e. The first-order valence-corrected chi connectivity index (χ1v) is 10.00. The number of hydrogen-bond donors (Lipinski definition) is 0. The van der Waals surface area contributed by atoms with Crippen molar-refractivity contribution >= 4 is 5.78 Å². The first-order valence-electron chi connectivity index (χ1n) is 10.00. The molecule has 0 saturated heterocycles. The van der Waals surface area contributed by atoms with E-state index in [-0.39, 0.29) is 36.5 Å². The highest BCUT2D eigenvalue weighted by Crippen LogP contribution is 2.36. The highest BCUT2D eigenvalue weighted by molar-refractivity contribution is 5.84. The van der Waals surface area contributed by atoms with Crippen molar-refractivity contribution < 1.29 is 13.9 Å². The smallest absolute Gasteiger partial charge is 0.213 e. The van der Waals surface area contributed by atoms with Gasteiger partial charge in [-0.3, -0.25) is 9.36 Å². The van der Waals surface area contributed by atoms with Crippen molar-refractivity contribution in [1.82, 2.24) is 19.7 Å². The third kappa shape index (κ3) is 3.52. The van der Waals surface area contributed by atoms with Crippen molar-refractivity contribution in [2.24, 2.45) is 0 Å². The van der Waals surface area contributed by atoms with E-state index in [4.69, 9.17) is 4.74 Å². The largest absolute Gasteiger partial charge is 0.474 e. The number of aromatic nitrogens is 4. The summed E-state index contributed by atoms with van der Waals surface area (Å²) in [5, 5.41) is 8.75. The minimum atomic E-state index is -0.332. The number of ether oxygens (including phenoxy) is 1. The Balaban J connectivity index is 1.39. The van der Waals surface area contributed by atoms with Crippen LogP contribution in [0.2, 0.25) is 0 Å². The average molecular weight is 392 g/mol. The first-order chi connectivity index (χ1) is 14.2. The number of Topliss-reactive ketones (excluding diaryl/α,β-unsaturated/α-hetero) is 1. The minimum Gasteiger partial charge on any atom is -0.474 e. The number of ketones is 1. The Bertz CT molecular complexity index is 1040. The monoisotopic (exact) mass is 392 g/mol. The van der Waals surface area contributed by atoms with E-state index < -0.39 is 0 Å². The van der Waals surface area contributed by atoms with Gasteiger partial charge in [0.15, 0.2) is 0 Å². The zero-order valence-electron chi connectivity index (χ0n) is 15.9. The summed E-state index contributed by atoms with van der Waals surface area (Å²) in [6.07, 6.45) is 5.95. The summed E-state index contributed by atoms with van der Waals surface area (Å²) >= 11 is 0. The summed E-state index contributed by atoms with van der Waals surface area (Å²) in [7, 11) is 0. The van der Waals surface area contributed by atoms with E-state index in [9.17, 15) is 9.18 Å². The molecule has 148 valence electrons. The molecule has 1 aliphatic carbocycles. The van der Waals surface area contributed by atoms with Crippen molar-refractivity contribution in [3.05, 3.63) is 65.6 Å². The van der Waals surface area contributed by atoms with Crippen molar-refractivity contribution in [3.63, 3.8) is 0 Å². The summed E-state index contributed by atoms with van der Waals surface area (Å²) < 4.78 is 21.7. The van der Waals surface area contributed by atoms with Crippen molar-refractivity contribution in [3.8, 4) is 11.6 Å². The Morgan fingerprint density at radius 1 is 1.03 bits per heavy atom. The van der Waals surface area contributed by atoms with E-state index >= 15 is 0 Å². The van der Waals surface area contributed by atoms with Crippen LogP contribution in [0, 0.1) is 5.82 Å². The molecule has 0 radical (unpaired) electrons. The van der Waals surface area contributed by atoms with Crippen LogP contribution in [0.1, 0.15) is 48.8 Å². The van der Waals surface area contributed by atoms with Crippen molar-refractivity contribution in [1.29, 1.82) is 0 Å². The summed E-state index contributed by atoms with van der Waals surface area (Å²) in [5.41, 5.74) is 1.51. The Morgan fingerprint density at radius 3 is 2.69 bits per heavy atom. The molecule has 0 atom stereocenters. The van der Waals surface area contributed by atoms with Crippen LogP contribution in [-0.4, -0.2) is 31.6 Å².